The number of benzene rings is 1. The average Bonchev–Trinajstić information content (AvgIpc) is 2.77. The largest absolute Gasteiger partial charge is 0.493 e. The van der Waals surface area contributed by atoms with E-state index < -0.39 is 17.7 Å². The molecule has 0 bridgehead atoms. The lowest BCUT2D eigenvalue weighted by atomic mass is 10.0. The molecule has 6 nitrogen and oxygen atoms in total. The smallest absolute Gasteiger partial charge is 0.410 e. The SMILES string of the molecule is Cc1cc(NC(=O)[C@H](C(C)C)N(C)C(=O)OC(C)(C)C)cc(C)c1OCCCCCCCCCCCBr. The van der Waals surface area contributed by atoms with E-state index >= 15 is 0 Å². The molecule has 0 aliphatic rings. The van der Waals surface area contributed by atoms with Crippen LogP contribution in [0.25, 0.3) is 0 Å². The number of likely N-dealkylation sites (N-methyl/N-ethyl adjacent to an activating group) is 1. The summed E-state index contributed by atoms with van der Waals surface area (Å²) >= 11 is 3.49. The summed E-state index contributed by atoms with van der Waals surface area (Å²) < 4.78 is 11.6. The highest BCUT2D eigenvalue weighted by Gasteiger charge is 2.32. The number of unbranched alkanes of at least 4 members (excludes halogenated alkanes) is 8. The number of nitrogens with zero attached hydrogens (tertiary/aromatic N) is 1. The first-order valence-corrected chi connectivity index (χ1v) is 15.1. The normalized spacial score (nSPS) is 12.4. The third-order valence-corrected chi connectivity index (χ3v) is 6.81. The number of rotatable bonds is 16. The molecule has 0 fully saturated rings. The van der Waals surface area contributed by atoms with Crippen molar-refractivity contribution in [2.75, 3.05) is 24.3 Å². The van der Waals surface area contributed by atoms with Gasteiger partial charge in [-0.25, -0.2) is 4.79 Å². The van der Waals surface area contributed by atoms with Crippen molar-refractivity contribution >= 4 is 33.6 Å². The topological polar surface area (TPSA) is 67.9 Å². The molecule has 1 rings (SSSR count). The van der Waals surface area contributed by atoms with Crippen molar-refractivity contribution in [1.29, 1.82) is 0 Å². The van der Waals surface area contributed by atoms with Crippen molar-refractivity contribution in [3.8, 4) is 5.75 Å². The van der Waals surface area contributed by atoms with E-state index in [-0.39, 0.29) is 11.8 Å². The van der Waals surface area contributed by atoms with Crippen LogP contribution < -0.4 is 10.1 Å². The van der Waals surface area contributed by atoms with E-state index in [4.69, 9.17) is 9.47 Å². The fourth-order valence-electron chi connectivity index (χ4n) is 4.45. The van der Waals surface area contributed by atoms with Crippen LogP contribution in [0, 0.1) is 19.8 Å². The average molecular weight is 584 g/mol. The van der Waals surface area contributed by atoms with Crippen molar-refractivity contribution in [2.24, 2.45) is 5.92 Å². The van der Waals surface area contributed by atoms with E-state index in [2.05, 4.69) is 21.2 Å². The van der Waals surface area contributed by atoms with Crippen molar-refractivity contribution in [2.45, 2.75) is 118 Å². The summed E-state index contributed by atoms with van der Waals surface area (Å²) in [5, 5.41) is 4.12. The van der Waals surface area contributed by atoms with Gasteiger partial charge in [0.05, 0.1) is 6.61 Å². The molecule has 1 aromatic carbocycles. The lowest BCUT2D eigenvalue weighted by Crippen LogP contribution is -2.49. The van der Waals surface area contributed by atoms with Gasteiger partial charge in [0.15, 0.2) is 0 Å². The van der Waals surface area contributed by atoms with Gasteiger partial charge >= 0.3 is 6.09 Å². The van der Waals surface area contributed by atoms with Gasteiger partial charge in [-0.05, 0) is 76.6 Å². The maximum absolute atomic E-state index is 13.2. The molecule has 0 radical (unpaired) electrons. The summed E-state index contributed by atoms with van der Waals surface area (Å²) in [6.45, 7) is 14.0. The van der Waals surface area contributed by atoms with Crippen LogP contribution in [0.4, 0.5) is 10.5 Å². The maximum Gasteiger partial charge on any atom is 0.410 e. The minimum atomic E-state index is -0.652. The van der Waals surface area contributed by atoms with E-state index in [1.54, 1.807) is 7.05 Å². The molecule has 1 atom stereocenters. The number of anilines is 1. The van der Waals surface area contributed by atoms with Crippen molar-refractivity contribution < 1.29 is 19.1 Å². The molecule has 0 aliphatic heterocycles. The number of nitrogens with one attached hydrogen (secondary N) is 1. The summed E-state index contributed by atoms with van der Waals surface area (Å²) in [6.07, 6.45) is 10.9. The third-order valence-electron chi connectivity index (χ3n) is 6.25. The second-order valence-electron chi connectivity index (χ2n) is 11.4. The number of carbonyl (C=O) groups excluding carboxylic acids is 2. The lowest BCUT2D eigenvalue weighted by molar-refractivity contribution is -0.122. The summed E-state index contributed by atoms with van der Waals surface area (Å²) in [5.74, 6) is 0.566. The minimum Gasteiger partial charge on any atom is -0.493 e. The highest BCUT2D eigenvalue weighted by molar-refractivity contribution is 9.09. The molecule has 0 spiro atoms. The van der Waals surface area contributed by atoms with Crippen molar-refractivity contribution in [3.05, 3.63) is 23.3 Å². The molecule has 0 saturated heterocycles. The quantitative estimate of drug-likeness (QED) is 0.157. The first-order chi connectivity index (χ1) is 17.4. The zero-order valence-corrected chi connectivity index (χ0v) is 26.1. The van der Waals surface area contributed by atoms with E-state index in [0.29, 0.717) is 12.3 Å². The molecule has 7 heteroatoms. The van der Waals surface area contributed by atoms with Gasteiger partial charge in [0.25, 0.3) is 0 Å². The molecule has 212 valence electrons. The standard InChI is InChI=1S/C30H51BrN2O4/c1-22(2)26(33(8)29(35)37-30(5,6)7)28(34)32-25-20-23(3)27(24(4)21-25)36-19-17-15-13-11-9-10-12-14-16-18-31/h20-22,26H,9-19H2,1-8H3,(H,32,34)/t26-/m0/s1. The summed E-state index contributed by atoms with van der Waals surface area (Å²) in [4.78, 5) is 27.1. The first-order valence-electron chi connectivity index (χ1n) is 13.9. The Kier molecular flexibility index (Phi) is 15.2. The molecule has 2 amide bonds. The number of hydrogen-bond donors (Lipinski definition) is 1. The molecule has 37 heavy (non-hydrogen) atoms. The number of amides is 2. The Bertz CT molecular complexity index is 812. The first kappa shape index (κ1) is 33.3. The Morgan fingerprint density at radius 2 is 1.41 bits per heavy atom. The number of halogens is 1. The second-order valence-corrected chi connectivity index (χ2v) is 12.2. The van der Waals surface area contributed by atoms with Crippen LogP contribution in [-0.2, 0) is 9.53 Å². The molecule has 0 aliphatic carbocycles. The van der Waals surface area contributed by atoms with Gasteiger partial charge in [0, 0.05) is 18.1 Å². The molecule has 0 aromatic heterocycles. The van der Waals surface area contributed by atoms with Crippen LogP contribution in [0.15, 0.2) is 12.1 Å². The maximum atomic E-state index is 13.2. The van der Waals surface area contributed by atoms with Crippen LogP contribution in [0.2, 0.25) is 0 Å². The van der Waals surface area contributed by atoms with Gasteiger partial charge in [-0.15, -0.1) is 0 Å². The van der Waals surface area contributed by atoms with Crippen LogP contribution in [0.3, 0.4) is 0 Å². The van der Waals surface area contributed by atoms with E-state index in [0.717, 1.165) is 28.6 Å². The molecule has 0 unspecified atom stereocenters. The van der Waals surface area contributed by atoms with Gasteiger partial charge in [0.1, 0.15) is 17.4 Å². The number of aryl methyl sites for hydroxylation is 2. The third kappa shape index (κ3) is 13.0. The zero-order chi connectivity index (χ0) is 28.0. The number of hydrogen-bond acceptors (Lipinski definition) is 4. The molecular weight excluding hydrogens is 532 g/mol. The Balaban J connectivity index is 2.58. The molecular formula is C30H51BrN2O4. The van der Waals surface area contributed by atoms with E-state index in [1.165, 1.54) is 56.3 Å². The fraction of sp³-hybridized carbons (Fsp3) is 0.733. The second kappa shape index (κ2) is 17.0. The van der Waals surface area contributed by atoms with Gasteiger partial charge in [-0.1, -0.05) is 74.7 Å². The van der Waals surface area contributed by atoms with Gasteiger partial charge in [0.2, 0.25) is 5.91 Å². The van der Waals surface area contributed by atoms with Crippen LogP contribution in [-0.4, -0.2) is 47.5 Å². The Hall–Kier alpha value is -1.76. The highest BCUT2D eigenvalue weighted by Crippen LogP contribution is 2.28. The highest BCUT2D eigenvalue weighted by atomic mass is 79.9. The Labute approximate surface area is 234 Å². The van der Waals surface area contributed by atoms with E-state index in [1.807, 2.05) is 60.6 Å². The lowest BCUT2D eigenvalue weighted by Gasteiger charge is -2.32. The number of alkyl halides is 1. The summed E-state index contributed by atoms with van der Waals surface area (Å²) in [5.41, 5.74) is 2.05. The van der Waals surface area contributed by atoms with Crippen molar-refractivity contribution in [3.63, 3.8) is 0 Å². The number of carbonyl (C=O) groups is 2. The molecule has 1 N–H and O–H groups in total. The number of ether oxygens (including phenoxy) is 2. The monoisotopic (exact) mass is 582 g/mol. The minimum absolute atomic E-state index is 0.0819. The predicted molar refractivity (Wildman–Crippen MR) is 158 cm³/mol. The predicted octanol–water partition coefficient (Wildman–Crippen LogP) is 8.42. The van der Waals surface area contributed by atoms with Crippen LogP contribution in [0.1, 0.15) is 104 Å². The Morgan fingerprint density at radius 1 is 0.919 bits per heavy atom. The van der Waals surface area contributed by atoms with E-state index in [9.17, 15) is 9.59 Å². The fourth-order valence-corrected chi connectivity index (χ4v) is 4.84. The van der Waals surface area contributed by atoms with Crippen LogP contribution in [0.5, 0.6) is 5.75 Å². The van der Waals surface area contributed by atoms with Gasteiger partial charge in [-0.3, -0.25) is 9.69 Å². The van der Waals surface area contributed by atoms with Gasteiger partial charge < -0.3 is 14.8 Å². The molecule has 1 aromatic rings. The van der Waals surface area contributed by atoms with Crippen LogP contribution >= 0.6 is 15.9 Å². The Morgan fingerprint density at radius 3 is 1.86 bits per heavy atom. The van der Waals surface area contributed by atoms with Crippen molar-refractivity contribution in [1.82, 2.24) is 4.90 Å². The molecule has 0 saturated carbocycles. The zero-order valence-electron chi connectivity index (χ0n) is 24.5. The van der Waals surface area contributed by atoms with Gasteiger partial charge in [-0.2, -0.15) is 0 Å². The summed E-state index contributed by atoms with van der Waals surface area (Å²) in [6, 6.07) is 3.21. The molecule has 0 heterocycles. The summed E-state index contributed by atoms with van der Waals surface area (Å²) in [7, 11) is 1.61.